The van der Waals surface area contributed by atoms with E-state index in [0.29, 0.717) is 6.42 Å². The highest BCUT2D eigenvalue weighted by molar-refractivity contribution is 5.77. The SMILES string of the molecule is CCCCCCCCCCCCCCCCCCCCCCCCC(C)(N)C(=O)O. The summed E-state index contributed by atoms with van der Waals surface area (Å²) >= 11 is 0. The van der Waals surface area contributed by atoms with Gasteiger partial charge in [0.1, 0.15) is 5.54 Å². The van der Waals surface area contributed by atoms with E-state index in [9.17, 15) is 4.79 Å². The van der Waals surface area contributed by atoms with Crippen LogP contribution in [0.25, 0.3) is 0 Å². The molecular weight excluding hydrogens is 370 g/mol. The molecule has 0 aromatic carbocycles. The Balaban J connectivity index is 3.11. The van der Waals surface area contributed by atoms with Crippen LogP contribution in [-0.4, -0.2) is 16.6 Å². The number of nitrogens with two attached hydrogens (primary N) is 1. The van der Waals surface area contributed by atoms with Gasteiger partial charge in [-0.25, -0.2) is 0 Å². The molecule has 30 heavy (non-hydrogen) atoms. The average Bonchev–Trinajstić information content (AvgIpc) is 2.71. The molecule has 0 amide bonds. The summed E-state index contributed by atoms with van der Waals surface area (Å²) < 4.78 is 0. The molecule has 3 nitrogen and oxygen atoms in total. The number of aliphatic carboxylic acids is 1. The van der Waals surface area contributed by atoms with Crippen molar-refractivity contribution in [2.75, 3.05) is 0 Å². The lowest BCUT2D eigenvalue weighted by molar-refractivity contribution is -0.142. The smallest absolute Gasteiger partial charge is 0.323 e. The quantitative estimate of drug-likeness (QED) is 0.152. The van der Waals surface area contributed by atoms with Gasteiger partial charge in [-0.15, -0.1) is 0 Å². The molecule has 0 aromatic rings. The maximum atomic E-state index is 10.9. The van der Waals surface area contributed by atoms with Gasteiger partial charge in [-0.3, -0.25) is 4.79 Å². The number of carboxylic acids is 1. The molecule has 0 aromatic heterocycles. The number of rotatable bonds is 24. The first kappa shape index (κ1) is 29.4. The predicted molar refractivity (Wildman–Crippen MR) is 132 cm³/mol. The van der Waals surface area contributed by atoms with Gasteiger partial charge in [0.15, 0.2) is 0 Å². The van der Waals surface area contributed by atoms with E-state index < -0.39 is 11.5 Å². The Hall–Kier alpha value is -0.570. The summed E-state index contributed by atoms with van der Waals surface area (Å²) in [5.41, 5.74) is 4.70. The zero-order valence-electron chi connectivity index (χ0n) is 20.7. The van der Waals surface area contributed by atoms with Crippen molar-refractivity contribution in [2.45, 2.75) is 167 Å². The van der Waals surface area contributed by atoms with Crippen molar-refractivity contribution in [3.05, 3.63) is 0 Å². The van der Waals surface area contributed by atoms with E-state index in [1.807, 2.05) is 0 Å². The summed E-state index contributed by atoms with van der Waals surface area (Å²) in [7, 11) is 0. The Morgan fingerprint density at radius 2 is 0.800 bits per heavy atom. The Labute approximate surface area is 189 Å². The van der Waals surface area contributed by atoms with Crippen molar-refractivity contribution in [1.29, 1.82) is 0 Å². The van der Waals surface area contributed by atoms with Crippen molar-refractivity contribution in [3.8, 4) is 0 Å². The van der Waals surface area contributed by atoms with Crippen LogP contribution in [0.4, 0.5) is 0 Å². The number of hydrogen-bond donors (Lipinski definition) is 2. The van der Waals surface area contributed by atoms with Gasteiger partial charge in [-0.2, -0.15) is 0 Å². The first-order chi connectivity index (χ1) is 14.5. The Kier molecular flexibility index (Phi) is 21.2. The van der Waals surface area contributed by atoms with Gasteiger partial charge in [-0.05, 0) is 13.3 Å². The number of carboxylic acid groups (broad SMARTS) is 1. The molecule has 0 bridgehead atoms. The van der Waals surface area contributed by atoms with Crippen molar-refractivity contribution in [2.24, 2.45) is 5.73 Å². The summed E-state index contributed by atoms with van der Waals surface area (Å²) in [6.45, 7) is 3.91. The van der Waals surface area contributed by atoms with Gasteiger partial charge in [-0.1, -0.05) is 148 Å². The molecule has 180 valence electrons. The van der Waals surface area contributed by atoms with Crippen molar-refractivity contribution >= 4 is 5.97 Å². The van der Waals surface area contributed by atoms with E-state index in [2.05, 4.69) is 6.92 Å². The largest absolute Gasteiger partial charge is 0.480 e. The van der Waals surface area contributed by atoms with Crippen LogP contribution in [0.3, 0.4) is 0 Å². The highest BCUT2D eigenvalue weighted by Crippen LogP contribution is 2.16. The van der Waals surface area contributed by atoms with E-state index in [0.717, 1.165) is 12.8 Å². The standard InChI is InChI=1S/C27H55NO2/c1-3-4-5-6-7-8-9-10-11-12-13-14-15-16-17-18-19-20-21-22-23-24-25-27(2,28)26(29)30/h3-25,28H2,1-2H3,(H,29,30). The van der Waals surface area contributed by atoms with Crippen molar-refractivity contribution in [3.63, 3.8) is 0 Å². The van der Waals surface area contributed by atoms with Crippen LogP contribution < -0.4 is 5.73 Å². The van der Waals surface area contributed by atoms with Gasteiger partial charge in [0.2, 0.25) is 0 Å². The van der Waals surface area contributed by atoms with E-state index in [1.54, 1.807) is 6.92 Å². The van der Waals surface area contributed by atoms with Gasteiger partial charge >= 0.3 is 5.97 Å². The fourth-order valence-corrected chi connectivity index (χ4v) is 4.21. The van der Waals surface area contributed by atoms with Crippen molar-refractivity contribution < 1.29 is 9.90 Å². The van der Waals surface area contributed by atoms with Crippen LogP contribution in [0.1, 0.15) is 162 Å². The fraction of sp³-hybridized carbons (Fsp3) is 0.963. The van der Waals surface area contributed by atoms with Crippen LogP contribution in [0.2, 0.25) is 0 Å². The van der Waals surface area contributed by atoms with Crippen LogP contribution >= 0.6 is 0 Å². The van der Waals surface area contributed by atoms with Crippen LogP contribution in [0.5, 0.6) is 0 Å². The minimum absolute atomic E-state index is 0.585. The van der Waals surface area contributed by atoms with Gasteiger partial charge < -0.3 is 10.8 Å². The predicted octanol–water partition coefficient (Wildman–Crippen LogP) is 8.78. The van der Waals surface area contributed by atoms with Crippen LogP contribution in [0, 0.1) is 0 Å². The third-order valence-corrected chi connectivity index (χ3v) is 6.54. The maximum absolute atomic E-state index is 10.9. The lowest BCUT2D eigenvalue weighted by Gasteiger charge is -2.18. The molecule has 0 aliphatic carbocycles. The number of unbranched alkanes of at least 4 members (excludes halogenated alkanes) is 21. The topological polar surface area (TPSA) is 63.3 Å². The first-order valence-corrected chi connectivity index (χ1v) is 13.5. The lowest BCUT2D eigenvalue weighted by Crippen LogP contribution is -2.44. The highest BCUT2D eigenvalue weighted by Gasteiger charge is 2.26. The first-order valence-electron chi connectivity index (χ1n) is 13.5. The summed E-state index contributed by atoms with van der Waals surface area (Å²) in [4.78, 5) is 10.9. The minimum Gasteiger partial charge on any atom is -0.480 e. The molecule has 0 radical (unpaired) electrons. The summed E-state index contributed by atoms with van der Waals surface area (Å²) in [5, 5.41) is 8.99. The van der Waals surface area contributed by atoms with Crippen molar-refractivity contribution in [1.82, 2.24) is 0 Å². The molecule has 0 spiro atoms. The summed E-state index contributed by atoms with van der Waals surface area (Å²) in [5.74, 6) is -0.883. The molecule has 0 aliphatic rings. The number of hydrogen-bond acceptors (Lipinski definition) is 2. The van der Waals surface area contributed by atoms with Crippen LogP contribution in [-0.2, 0) is 4.79 Å². The molecule has 0 heterocycles. The second kappa shape index (κ2) is 21.7. The maximum Gasteiger partial charge on any atom is 0.323 e. The van der Waals surface area contributed by atoms with Crippen LogP contribution in [0.15, 0.2) is 0 Å². The monoisotopic (exact) mass is 425 g/mol. The van der Waals surface area contributed by atoms with Gasteiger partial charge in [0.05, 0.1) is 0 Å². The fourth-order valence-electron chi connectivity index (χ4n) is 4.21. The molecule has 3 N–H and O–H groups in total. The van der Waals surface area contributed by atoms with Gasteiger partial charge in [0, 0.05) is 0 Å². The molecule has 1 atom stereocenters. The molecule has 0 saturated heterocycles. The molecular formula is C27H55NO2. The average molecular weight is 426 g/mol. The second-order valence-electron chi connectivity index (χ2n) is 9.90. The molecule has 1 unspecified atom stereocenters. The summed E-state index contributed by atoms with van der Waals surface area (Å²) in [6, 6.07) is 0. The normalized spacial score (nSPS) is 13.4. The Morgan fingerprint density at radius 3 is 1.03 bits per heavy atom. The third-order valence-electron chi connectivity index (χ3n) is 6.54. The second-order valence-corrected chi connectivity index (χ2v) is 9.90. The van der Waals surface area contributed by atoms with E-state index in [-0.39, 0.29) is 0 Å². The van der Waals surface area contributed by atoms with E-state index >= 15 is 0 Å². The zero-order valence-corrected chi connectivity index (χ0v) is 20.7. The molecule has 0 rings (SSSR count). The van der Waals surface area contributed by atoms with E-state index in [1.165, 1.54) is 128 Å². The zero-order chi connectivity index (χ0) is 22.3. The molecule has 3 heteroatoms. The lowest BCUT2D eigenvalue weighted by atomic mass is 9.95. The Morgan fingerprint density at radius 1 is 0.567 bits per heavy atom. The molecule has 0 aliphatic heterocycles. The Bertz CT molecular complexity index is 368. The molecule has 0 fully saturated rings. The molecule has 0 saturated carbocycles. The number of carbonyl (C=O) groups is 1. The highest BCUT2D eigenvalue weighted by atomic mass is 16.4. The third kappa shape index (κ3) is 20.7. The minimum atomic E-state index is -1.05. The summed E-state index contributed by atoms with van der Waals surface area (Å²) in [6.07, 6.45) is 30.8. The van der Waals surface area contributed by atoms with E-state index in [4.69, 9.17) is 10.8 Å². The van der Waals surface area contributed by atoms with Gasteiger partial charge in [0.25, 0.3) is 0 Å².